The monoisotopic (exact) mass is 390 g/mol. The molecule has 0 aliphatic carbocycles. The van der Waals surface area contributed by atoms with Gasteiger partial charge >= 0.3 is 0 Å². The van der Waals surface area contributed by atoms with Gasteiger partial charge in [-0.15, -0.1) is 0 Å². The number of sulfone groups is 1. The summed E-state index contributed by atoms with van der Waals surface area (Å²) in [6.07, 6.45) is 1.36. The third-order valence-electron chi connectivity index (χ3n) is 3.78. The van der Waals surface area contributed by atoms with Crippen LogP contribution in [0.5, 0.6) is 0 Å². The van der Waals surface area contributed by atoms with Crippen LogP contribution in [0.4, 0.5) is 5.82 Å². The number of fused-ring (bicyclic) bond motifs is 1. The van der Waals surface area contributed by atoms with Crippen LogP contribution in [0.1, 0.15) is 23.4 Å². The molecule has 3 aromatic heterocycles. The SMILES string of the molecule is Cc1ccn2c(=O)cc(CS(=O)(=O)CCC(=O)Nc3cc(C)on3)nc2c1. The molecule has 10 heteroatoms. The van der Waals surface area contributed by atoms with Gasteiger partial charge in [-0.2, -0.15) is 0 Å². The minimum atomic E-state index is -3.63. The lowest BCUT2D eigenvalue weighted by molar-refractivity contribution is -0.115. The molecule has 0 fully saturated rings. The van der Waals surface area contributed by atoms with Crippen LogP contribution < -0.4 is 10.9 Å². The quantitative estimate of drug-likeness (QED) is 0.671. The van der Waals surface area contributed by atoms with Crippen molar-refractivity contribution in [2.75, 3.05) is 11.1 Å². The van der Waals surface area contributed by atoms with Crippen LogP contribution in [-0.4, -0.2) is 34.6 Å². The van der Waals surface area contributed by atoms with Crippen molar-refractivity contribution in [3.8, 4) is 0 Å². The fraction of sp³-hybridized carbons (Fsp3) is 0.294. The van der Waals surface area contributed by atoms with Crippen LogP contribution in [0.2, 0.25) is 0 Å². The maximum absolute atomic E-state index is 12.3. The van der Waals surface area contributed by atoms with Crippen molar-refractivity contribution < 1.29 is 17.7 Å². The largest absolute Gasteiger partial charge is 0.360 e. The van der Waals surface area contributed by atoms with Gasteiger partial charge in [0.1, 0.15) is 11.4 Å². The summed E-state index contributed by atoms with van der Waals surface area (Å²) in [6, 6.07) is 6.19. The zero-order chi connectivity index (χ0) is 19.6. The van der Waals surface area contributed by atoms with Crippen molar-refractivity contribution >= 4 is 27.2 Å². The highest BCUT2D eigenvalue weighted by Gasteiger charge is 2.17. The molecule has 9 nitrogen and oxygen atoms in total. The highest BCUT2D eigenvalue weighted by molar-refractivity contribution is 7.90. The predicted molar refractivity (Wildman–Crippen MR) is 98.2 cm³/mol. The highest BCUT2D eigenvalue weighted by atomic mass is 32.2. The summed E-state index contributed by atoms with van der Waals surface area (Å²) >= 11 is 0. The number of nitrogens with one attached hydrogen (secondary N) is 1. The summed E-state index contributed by atoms with van der Waals surface area (Å²) in [7, 11) is -3.63. The molecule has 0 atom stereocenters. The average Bonchev–Trinajstić information content (AvgIpc) is 2.97. The van der Waals surface area contributed by atoms with Gasteiger partial charge < -0.3 is 9.84 Å². The topological polar surface area (TPSA) is 124 Å². The van der Waals surface area contributed by atoms with Gasteiger partial charge in [-0.25, -0.2) is 13.4 Å². The molecule has 1 amide bonds. The molecule has 0 unspecified atom stereocenters. The fourth-order valence-electron chi connectivity index (χ4n) is 2.50. The first kappa shape index (κ1) is 18.8. The van der Waals surface area contributed by atoms with E-state index in [4.69, 9.17) is 4.52 Å². The number of carbonyl (C=O) groups is 1. The molecule has 0 aliphatic heterocycles. The van der Waals surface area contributed by atoms with Gasteiger partial charge in [0.2, 0.25) is 5.91 Å². The molecule has 0 radical (unpaired) electrons. The van der Waals surface area contributed by atoms with Crippen LogP contribution in [0.15, 0.2) is 39.8 Å². The Morgan fingerprint density at radius 3 is 2.74 bits per heavy atom. The Morgan fingerprint density at radius 1 is 1.26 bits per heavy atom. The summed E-state index contributed by atoms with van der Waals surface area (Å²) in [5.41, 5.74) is 1.08. The lowest BCUT2D eigenvalue weighted by Crippen LogP contribution is -2.21. The normalized spacial score (nSPS) is 11.6. The van der Waals surface area contributed by atoms with Crippen molar-refractivity contribution in [1.82, 2.24) is 14.5 Å². The van der Waals surface area contributed by atoms with Gasteiger partial charge in [0.05, 0.1) is 17.2 Å². The van der Waals surface area contributed by atoms with E-state index >= 15 is 0 Å². The first-order chi connectivity index (χ1) is 12.7. The standard InChI is InChI=1S/C17H18N4O5S/c1-11-3-5-21-15(7-11)18-13(9-17(21)23)10-27(24,25)6-4-16(22)19-14-8-12(2)26-20-14/h3,5,7-9H,4,6,10H2,1-2H3,(H,19,20,22). The molecule has 0 spiro atoms. The van der Waals surface area contributed by atoms with Gasteiger partial charge in [-0.3, -0.25) is 14.0 Å². The molecule has 0 bridgehead atoms. The maximum atomic E-state index is 12.3. The van der Waals surface area contributed by atoms with Crippen LogP contribution in [0.25, 0.3) is 5.65 Å². The van der Waals surface area contributed by atoms with E-state index in [1.165, 1.54) is 16.5 Å². The molecule has 3 rings (SSSR count). The summed E-state index contributed by atoms with van der Waals surface area (Å²) in [4.78, 5) is 28.2. The number of aromatic nitrogens is 3. The summed E-state index contributed by atoms with van der Waals surface area (Å²) in [5, 5.41) is 6.07. The van der Waals surface area contributed by atoms with Crippen molar-refractivity contribution in [1.29, 1.82) is 0 Å². The molecular formula is C17H18N4O5S. The first-order valence-corrected chi connectivity index (χ1v) is 9.96. The number of hydrogen-bond donors (Lipinski definition) is 1. The van der Waals surface area contributed by atoms with Crippen LogP contribution >= 0.6 is 0 Å². The van der Waals surface area contributed by atoms with Gasteiger partial charge in [0.25, 0.3) is 5.56 Å². The minimum Gasteiger partial charge on any atom is -0.360 e. The van der Waals surface area contributed by atoms with Crippen LogP contribution in [0.3, 0.4) is 0 Å². The van der Waals surface area contributed by atoms with E-state index < -0.39 is 21.5 Å². The number of carbonyl (C=O) groups excluding carboxylic acids is 1. The summed E-state index contributed by atoms with van der Waals surface area (Å²) in [6.45, 7) is 3.53. The smallest absolute Gasteiger partial charge is 0.258 e. The molecule has 142 valence electrons. The van der Waals surface area contributed by atoms with E-state index in [2.05, 4.69) is 15.5 Å². The fourth-order valence-corrected chi connectivity index (χ4v) is 3.74. The molecule has 0 aromatic carbocycles. The number of hydrogen-bond acceptors (Lipinski definition) is 7. The summed E-state index contributed by atoms with van der Waals surface area (Å²) < 4.78 is 30.8. The zero-order valence-electron chi connectivity index (χ0n) is 14.8. The van der Waals surface area contributed by atoms with Gasteiger partial charge in [0, 0.05) is 24.8 Å². The zero-order valence-corrected chi connectivity index (χ0v) is 15.6. The molecule has 27 heavy (non-hydrogen) atoms. The molecule has 1 N–H and O–H groups in total. The first-order valence-electron chi connectivity index (χ1n) is 8.14. The van der Waals surface area contributed by atoms with E-state index in [0.29, 0.717) is 11.4 Å². The second kappa shape index (κ2) is 7.31. The predicted octanol–water partition coefficient (Wildman–Crippen LogP) is 1.24. The Morgan fingerprint density at radius 2 is 2.04 bits per heavy atom. The number of amides is 1. The second-order valence-electron chi connectivity index (χ2n) is 6.23. The van der Waals surface area contributed by atoms with E-state index in [-0.39, 0.29) is 29.2 Å². The number of rotatable bonds is 6. The lowest BCUT2D eigenvalue weighted by Gasteiger charge is -2.06. The second-order valence-corrected chi connectivity index (χ2v) is 8.42. The lowest BCUT2D eigenvalue weighted by atomic mass is 10.3. The van der Waals surface area contributed by atoms with Crippen LogP contribution in [0, 0.1) is 13.8 Å². The number of anilines is 1. The summed E-state index contributed by atoms with van der Waals surface area (Å²) in [5.74, 6) is -0.515. The molecule has 3 aromatic rings. The van der Waals surface area contributed by atoms with Crippen molar-refractivity contribution in [2.24, 2.45) is 0 Å². The molecule has 0 saturated heterocycles. The average molecular weight is 390 g/mol. The number of pyridine rings is 1. The number of aryl methyl sites for hydroxylation is 2. The Labute approximate surface area is 154 Å². The van der Waals surface area contributed by atoms with Gasteiger partial charge in [-0.05, 0) is 31.5 Å². The van der Waals surface area contributed by atoms with E-state index in [0.717, 1.165) is 5.56 Å². The third kappa shape index (κ3) is 4.79. The van der Waals surface area contributed by atoms with Crippen molar-refractivity contribution in [2.45, 2.75) is 26.0 Å². The molecule has 0 saturated carbocycles. The van der Waals surface area contributed by atoms with Crippen LogP contribution in [-0.2, 0) is 20.4 Å². The maximum Gasteiger partial charge on any atom is 0.258 e. The Kier molecular flexibility index (Phi) is 5.08. The minimum absolute atomic E-state index is 0.151. The van der Waals surface area contributed by atoms with Gasteiger partial charge in [-0.1, -0.05) is 5.16 Å². The third-order valence-corrected chi connectivity index (χ3v) is 5.34. The van der Waals surface area contributed by atoms with Gasteiger partial charge in [0.15, 0.2) is 15.7 Å². The van der Waals surface area contributed by atoms with E-state index in [1.54, 1.807) is 25.3 Å². The van der Waals surface area contributed by atoms with E-state index in [9.17, 15) is 18.0 Å². The van der Waals surface area contributed by atoms with E-state index in [1.807, 2.05) is 6.92 Å². The molecular weight excluding hydrogens is 372 g/mol. The Hall–Kier alpha value is -3.01. The molecule has 3 heterocycles. The Balaban J connectivity index is 1.68. The van der Waals surface area contributed by atoms with Crippen molar-refractivity contribution in [3.05, 3.63) is 57.8 Å². The molecule has 0 aliphatic rings. The Bertz CT molecular complexity index is 1160. The highest BCUT2D eigenvalue weighted by Crippen LogP contribution is 2.10. The van der Waals surface area contributed by atoms with Crippen molar-refractivity contribution in [3.63, 3.8) is 0 Å². The number of nitrogens with zero attached hydrogens (tertiary/aromatic N) is 3.